The highest BCUT2D eigenvalue weighted by Crippen LogP contribution is 2.22. The summed E-state index contributed by atoms with van der Waals surface area (Å²) in [6.07, 6.45) is 4.66. The zero-order valence-electron chi connectivity index (χ0n) is 17.9. The first-order valence-electron chi connectivity index (χ1n) is 10.6. The SMILES string of the molecule is CCCCCCOc1ccc(C#Cc2ccc(C(=O)Oc3c(F)cccc3F)cc2)cc1. The molecule has 0 unspecified atom stereocenters. The molecule has 3 rings (SSSR count). The molecule has 164 valence electrons. The van der Waals surface area contributed by atoms with Gasteiger partial charge in [-0.1, -0.05) is 44.1 Å². The summed E-state index contributed by atoms with van der Waals surface area (Å²) in [6, 6.07) is 17.1. The lowest BCUT2D eigenvalue weighted by Gasteiger charge is -2.06. The van der Waals surface area contributed by atoms with Crippen LogP contribution in [0.25, 0.3) is 0 Å². The molecule has 0 bridgehead atoms. The van der Waals surface area contributed by atoms with Gasteiger partial charge in [0.1, 0.15) is 5.75 Å². The van der Waals surface area contributed by atoms with Gasteiger partial charge in [-0.25, -0.2) is 13.6 Å². The second-order valence-corrected chi connectivity index (χ2v) is 7.20. The smallest absolute Gasteiger partial charge is 0.343 e. The van der Waals surface area contributed by atoms with Crippen molar-refractivity contribution in [1.29, 1.82) is 0 Å². The van der Waals surface area contributed by atoms with E-state index in [-0.39, 0.29) is 5.56 Å². The molecule has 0 aromatic heterocycles. The standard InChI is InChI=1S/C27H24F2O3/c1-2-3-4-5-19-31-23-17-13-21(14-18-23)10-9-20-11-15-22(16-12-20)27(30)32-26-24(28)7-6-8-25(26)29/h6-8,11-18H,2-5,19H2,1H3. The number of esters is 1. The lowest BCUT2D eigenvalue weighted by molar-refractivity contribution is 0.0720. The van der Waals surface area contributed by atoms with Crippen LogP contribution in [-0.4, -0.2) is 12.6 Å². The molecule has 0 spiro atoms. The second-order valence-electron chi connectivity index (χ2n) is 7.20. The van der Waals surface area contributed by atoms with Crippen molar-refractivity contribution >= 4 is 5.97 Å². The van der Waals surface area contributed by atoms with E-state index in [2.05, 4.69) is 18.8 Å². The molecule has 0 heterocycles. The van der Waals surface area contributed by atoms with Crippen molar-refractivity contribution in [2.24, 2.45) is 0 Å². The van der Waals surface area contributed by atoms with E-state index >= 15 is 0 Å². The molecule has 5 heteroatoms. The van der Waals surface area contributed by atoms with Gasteiger partial charge in [0.25, 0.3) is 0 Å². The Kier molecular flexibility index (Phi) is 8.39. The molecule has 3 nitrogen and oxygen atoms in total. The molecule has 0 aliphatic rings. The Morgan fingerprint density at radius 2 is 1.41 bits per heavy atom. The molecule has 0 amide bonds. The fourth-order valence-electron chi connectivity index (χ4n) is 2.92. The largest absolute Gasteiger partial charge is 0.494 e. The maximum absolute atomic E-state index is 13.6. The van der Waals surface area contributed by atoms with Gasteiger partial charge in [-0.05, 0) is 67.1 Å². The number of halogens is 2. The van der Waals surface area contributed by atoms with E-state index in [9.17, 15) is 13.6 Å². The minimum Gasteiger partial charge on any atom is -0.494 e. The molecule has 32 heavy (non-hydrogen) atoms. The number of hydrogen-bond donors (Lipinski definition) is 0. The quantitative estimate of drug-likeness (QED) is 0.175. The van der Waals surface area contributed by atoms with Crippen molar-refractivity contribution in [3.63, 3.8) is 0 Å². The molecule has 0 fully saturated rings. The number of para-hydroxylation sites is 1. The molecule has 0 radical (unpaired) electrons. The summed E-state index contributed by atoms with van der Waals surface area (Å²) < 4.78 is 37.9. The van der Waals surface area contributed by atoms with Crippen LogP contribution in [0.1, 0.15) is 54.1 Å². The molecule has 3 aromatic rings. The van der Waals surface area contributed by atoms with E-state index < -0.39 is 23.4 Å². The van der Waals surface area contributed by atoms with Gasteiger partial charge in [-0.15, -0.1) is 0 Å². The molecule has 0 aliphatic carbocycles. The highest BCUT2D eigenvalue weighted by Gasteiger charge is 2.15. The first kappa shape index (κ1) is 23.0. The Bertz CT molecular complexity index is 1070. The van der Waals surface area contributed by atoms with E-state index in [1.807, 2.05) is 24.3 Å². The predicted molar refractivity (Wildman–Crippen MR) is 120 cm³/mol. The summed E-state index contributed by atoms with van der Waals surface area (Å²) in [6.45, 7) is 2.89. The highest BCUT2D eigenvalue weighted by atomic mass is 19.1. The summed E-state index contributed by atoms with van der Waals surface area (Å²) in [5, 5.41) is 0. The molecule has 0 aliphatic heterocycles. The molecule has 3 aromatic carbocycles. The Morgan fingerprint density at radius 3 is 2.00 bits per heavy atom. The van der Waals surface area contributed by atoms with Gasteiger partial charge in [-0.3, -0.25) is 0 Å². The number of ether oxygens (including phenoxy) is 2. The summed E-state index contributed by atoms with van der Waals surface area (Å²) in [4.78, 5) is 12.2. The average molecular weight is 434 g/mol. The van der Waals surface area contributed by atoms with Crippen molar-refractivity contribution in [1.82, 2.24) is 0 Å². The van der Waals surface area contributed by atoms with Crippen molar-refractivity contribution < 1.29 is 23.0 Å². The summed E-state index contributed by atoms with van der Waals surface area (Å²) in [5.74, 6) is 3.46. The molecule has 0 saturated carbocycles. The van der Waals surface area contributed by atoms with E-state index in [0.29, 0.717) is 12.2 Å². The van der Waals surface area contributed by atoms with Crippen LogP contribution in [0.15, 0.2) is 66.7 Å². The van der Waals surface area contributed by atoms with Crippen LogP contribution in [0.5, 0.6) is 11.5 Å². The lowest BCUT2D eigenvalue weighted by atomic mass is 10.1. The Morgan fingerprint density at radius 1 is 0.812 bits per heavy atom. The maximum Gasteiger partial charge on any atom is 0.343 e. The molecular weight excluding hydrogens is 410 g/mol. The number of carbonyl (C=O) groups excluding carboxylic acids is 1. The van der Waals surface area contributed by atoms with Crippen LogP contribution in [0.2, 0.25) is 0 Å². The molecule has 0 N–H and O–H groups in total. The van der Waals surface area contributed by atoms with Gasteiger partial charge in [0.2, 0.25) is 5.75 Å². The van der Waals surface area contributed by atoms with Gasteiger partial charge in [-0.2, -0.15) is 0 Å². The first-order chi connectivity index (χ1) is 15.6. The topological polar surface area (TPSA) is 35.5 Å². The third-order valence-electron chi connectivity index (χ3n) is 4.71. The van der Waals surface area contributed by atoms with Crippen LogP contribution in [0, 0.1) is 23.5 Å². The van der Waals surface area contributed by atoms with E-state index in [0.717, 1.165) is 29.9 Å². The van der Waals surface area contributed by atoms with Crippen molar-refractivity contribution in [2.45, 2.75) is 32.6 Å². The fraction of sp³-hybridized carbons (Fsp3) is 0.222. The van der Waals surface area contributed by atoms with E-state index in [1.165, 1.54) is 37.5 Å². The van der Waals surface area contributed by atoms with E-state index in [4.69, 9.17) is 9.47 Å². The van der Waals surface area contributed by atoms with Crippen LogP contribution >= 0.6 is 0 Å². The van der Waals surface area contributed by atoms with Crippen LogP contribution in [-0.2, 0) is 0 Å². The summed E-state index contributed by atoms with van der Waals surface area (Å²) >= 11 is 0. The second kappa shape index (κ2) is 11.7. The normalized spacial score (nSPS) is 10.2. The Labute approximate surface area is 187 Å². The van der Waals surface area contributed by atoms with Gasteiger partial charge in [0, 0.05) is 11.1 Å². The number of benzene rings is 3. The number of hydrogen-bond acceptors (Lipinski definition) is 3. The molecular formula is C27H24F2O3. The van der Waals surface area contributed by atoms with Gasteiger partial charge in [0.15, 0.2) is 11.6 Å². The molecule has 0 saturated heterocycles. The predicted octanol–water partition coefficient (Wildman–Crippen LogP) is 6.54. The number of carbonyl (C=O) groups is 1. The van der Waals surface area contributed by atoms with Gasteiger partial charge >= 0.3 is 5.97 Å². The minimum atomic E-state index is -0.936. The van der Waals surface area contributed by atoms with Crippen molar-refractivity contribution in [2.75, 3.05) is 6.61 Å². The minimum absolute atomic E-state index is 0.165. The van der Waals surface area contributed by atoms with E-state index in [1.54, 1.807) is 12.1 Å². The Balaban J connectivity index is 1.56. The van der Waals surface area contributed by atoms with Crippen LogP contribution < -0.4 is 9.47 Å². The van der Waals surface area contributed by atoms with Crippen LogP contribution in [0.4, 0.5) is 8.78 Å². The number of unbranched alkanes of at least 4 members (excludes halogenated alkanes) is 3. The lowest BCUT2D eigenvalue weighted by Crippen LogP contribution is -2.10. The monoisotopic (exact) mass is 434 g/mol. The Hall–Kier alpha value is -3.65. The van der Waals surface area contributed by atoms with Crippen molar-refractivity contribution in [3.8, 4) is 23.3 Å². The molecule has 0 atom stereocenters. The third kappa shape index (κ3) is 6.68. The summed E-state index contributed by atoms with van der Waals surface area (Å²) in [5.41, 5.74) is 1.69. The zero-order valence-corrected chi connectivity index (χ0v) is 17.9. The fourth-order valence-corrected chi connectivity index (χ4v) is 2.92. The highest BCUT2D eigenvalue weighted by molar-refractivity contribution is 5.91. The first-order valence-corrected chi connectivity index (χ1v) is 10.6. The van der Waals surface area contributed by atoms with Gasteiger partial charge < -0.3 is 9.47 Å². The zero-order chi connectivity index (χ0) is 22.8. The maximum atomic E-state index is 13.6. The van der Waals surface area contributed by atoms with Gasteiger partial charge in [0.05, 0.1) is 12.2 Å². The van der Waals surface area contributed by atoms with Crippen molar-refractivity contribution in [3.05, 3.63) is 95.1 Å². The summed E-state index contributed by atoms with van der Waals surface area (Å²) in [7, 11) is 0. The third-order valence-corrected chi connectivity index (χ3v) is 4.71. The van der Waals surface area contributed by atoms with Crippen LogP contribution in [0.3, 0.4) is 0 Å². The number of rotatable bonds is 8. The average Bonchev–Trinajstić information content (AvgIpc) is 2.81.